The van der Waals surface area contributed by atoms with Gasteiger partial charge in [-0.15, -0.1) is 0 Å². The van der Waals surface area contributed by atoms with Crippen LogP contribution >= 0.6 is 0 Å². The van der Waals surface area contributed by atoms with E-state index in [9.17, 15) is 4.79 Å². The largest absolute Gasteiger partial charge is 0.392 e. The van der Waals surface area contributed by atoms with Crippen molar-refractivity contribution in [1.82, 2.24) is 0 Å². The van der Waals surface area contributed by atoms with Gasteiger partial charge in [-0.25, -0.2) is 0 Å². The van der Waals surface area contributed by atoms with Crippen molar-refractivity contribution in [3.63, 3.8) is 0 Å². The van der Waals surface area contributed by atoms with Crippen molar-refractivity contribution in [2.45, 2.75) is 38.2 Å². The zero-order chi connectivity index (χ0) is 10.7. The van der Waals surface area contributed by atoms with Crippen LogP contribution in [0.1, 0.15) is 42.7 Å². The van der Waals surface area contributed by atoms with Crippen LogP contribution in [0.4, 0.5) is 0 Å². The monoisotopic (exact) mass is 204 g/mol. The molecule has 0 aromatic heterocycles. The van der Waals surface area contributed by atoms with E-state index >= 15 is 0 Å². The molecule has 1 aliphatic carbocycles. The first-order valence-corrected chi connectivity index (χ1v) is 5.51. The predicted molar refractivity (Wildman–Crippen MR) is 58.6 cm³/mol. The van der Waals surface area contributed by atoms with Crippen molar-refractivity contribution < 1.29 is 9.90 Å². The van der Waals surface area contributed by atoms with Crippen LogP contribution in [0.5, 0.6) is 0 Å². The summed E-state index contributed by atoms with van der Waals surface area (Å²) >= 11 is 0. The average molecular weight is 204 g/mol. The Labute approximate surface area is 89.9 Å². The fourth-order valence-corrected chi connectivity index (χ4v) is 2.25. The van der Waals surface area contributed by atoms with Crippen molar-refractivity contribution in [2.75, 3.05) is 0 Å². The van der Waals surface area contributed by atoms with E-state index < -0.39 is 0 Å². The Hall–Kier alpha value is -1.15. The Kier molecular flexibility index (Phi) is 3.17. The normalized spacial score (nSPS) is 21.7. The number of carbonyl (C=O) groups is 1. The van der Waals surface area contributed by atoms with Gasteiger partial charge in [-0.2, -0.15) is 0 Å². The molecule has 1 fully saturated rings. The van der Waals surface area contributed by atoms with Crippen molar-refractivity contribution in [3.8, 4) is 0 Å². The van der Waals surface area contributed by atoms with Crippen molar-refractivity contribution in [1.29, 1.82) is 0 Å². The summed E-state index contributed by atoms with van der Waals surface area (Å²) in [6.07, 6.45) is 3.53. The molecule has 1 saturated carbocycles. The highest BCUT2D eigenvalue weighted by molar-refractivity contribution is 5.80. The van der Waals surface area contributed by atoms with Gasteiger partial charge in [0, 0.05) is 12.8 Å². The highest BCUT2D eigenvalue weighted by atomic mass is 16.3. The van der Waals surface area contributed by atoms with E-state index in [1.165, 1.54) is 5.56 Å². The van der Waals surface area contributed by atoms with Gasteiger partial charge in [-0.05, 0) is 29.9 Å². The molecule has 1 aromatic rings. The molecule has 0 amide bonds. The summed E-state index contributed by atoms with van der Waals surface area (Å²) in [5.41, 5.74) is 2.14. The number of rotatable bonds is 2. The summed E-state index contributed by atoms with van der Waals surface area (Å²) < 4.78 is 0. The summed E-state index contributed by atoms with van der Waals surface area (Å²) in [6.45, 7) is 0.0779. The standard InChI is InChI=1S/C13H16O2/c14-9-10-3-1-4-11(7-10)12-5-2-6-13(15)8-12/h1,3-4,7,12,14H,2,5-6,8-9H2. The minimum absolute atomic E-state index is 0.0779. The van der Waals surface area contributed by atoms with Crippen LogP contribution < -0.4 is 0 Å². The lowest BCUT2D eigenvalue weighted by Gasteiger charge is -2.21. The molecule has 0 heterocycles. The van der Waals surface area contributed by atoms with Gasteiger partial charge in [-0.1, -0.05) is 24.3 Å². The van der Waals surface area contributed by atoms with Gasteiger partial charge in [-0.3, -0.25) is 4.79 Å². The smallest absolute Gasteiger partial charge is 0.133 e. The molecule has 15 heavy (non-hydrogen) atoms. The molecule has 0 radical (unpaired) electrons. The van der Waals surface area contributed by atoms with Gasteiger partial charge in [0.1, 0.15) is 5.78 Å². The molecular formula is C13H16O2. The second-order valence-corrected chi connectivity index (χ2v) is 4.24. The molecule has 1 aromatic carbocycles. The molecule has 1 atom stereocenters. The maximum Gasteiger partial charge on any atom is 0.133 e. The SMILES string of the molecule is O=C1CCCC(c2cccc(CO)c2)C1. The molecule has 2 nitrogen and oxygen atoms in total. The van der Waals surface area contributed by atoms with Gasteiger partial charge in [0.2, 0.25) is 0 Å². The van der Waals surface area contributed by atoms with E-state index in [1.54, 1.807) is 0 Å². The Balaban J connectivity index is 2.17. The first-order chi connectivity index (χ1) is 7.29. The molecule has 1 N–H and O–H groups in total. The Bertz CT molecular complexity index is 357. The van der Waals surface area contributed by atoms with Gasteiger partial charge in [0.05, 0.1) is 6.61 Å². The quantitative estimate of drug-likeness (QED) is 0.803. The van der Waals surface area contributed by atoms with Crippen LogP contribution in [-0.2, 0) is 11.4 Å². The fraction of sp³-hybridized carbons (Fsp3) is 0.462. The van der Waals surface area contributed by atoms with Gasteiger partial charge >= 0.3 is 0 Å². The molecule has 0 bridgehead atoms. The summed E-state index contributed by atoms with van der Waals surface area (Å²) in [6, 6.07) is 7.94. The number of ketones is 1. The van der Waals surface area contributed by atoms with Crippen LogP contribution in [0.2, 0.25) is 0 Å². The molecule has 0 spiro atoms. The first-order valence-electron chi connectivity index (χ1n) is 5.51. The topological polar surface area (TPSA) is 37.3 Å². The zero-order valence-electron chi connectivity index (χ0n) is 8.78. The number of benzene rings is 1. The van der Waals surface area contributed by atoms with Gasteiger partial charge in [0.25, 0.3) is 0 Å². The molecule has 2 rings (SSSR count). The lowest BCUT2D eigenvalue weighted by Crippen LogP contribution is -2.13. The number of hydrogen-bond donors (Lipinski definition) is 1. The molecule has 2 heteroatoms. The summed E-state index contributed by atoms with van der Waals surface area (Å²) in [5, 5.41) is 9.05. The van der Waals surface area contributed by atoms with E-state index in [-0.39, 0.29) is 6.61 Å². The first kappa shape index (κ1) is 10.4. The maximum atomic E-state index is 11.4. The third-order valence-electron chi connectivity index (χ3n) is 3.09. The summed E-state index contributed by atoms with van der Waals surface area (Å²) in [4.78, 5) is 11.4. The molecule has 80 valence electrons. The van der Waals surface area contributed by atoms with E-state index in [4.69, 9.17) is 5.11 Å². The number of Topliss-reactive ketones (excluding diaryl/α,β-unsaturated/α-hetero) is 1. The molecule has 0 aliphatic heterocycles. The summed E-state index contributed by atoms with van der Waals surface area (Å²) in [5.74, 6) is 0.749. The van der Waals surface area contributed by atoms with Crippen molar-refractivity contribution in [3.05, 3.63) is 35.4 Å². The van der Waals surface area contributed by atoms with Crippen LogP contribution in [0.15, 0.2) is 24.3 Å². The highest BCUT2D eigenvalue weighted by Crippen LogP contribution is 2.31. The predicted octanol–water partition coefficient (Wildman–Crippen LogP) is 2.41. The second-order valence-electron chi connectivity index (χ2n) is 4.24. The fourth-order valence-electron chi connectivity index (χ4n) is 2.25. The number of carbonyl (C=O) groups excluding carboxylic acids is 1. The number of aliphatic hydroxyl groups excluding tert-OH is 1. The van der Waals surface area contributed by atoms with Crippen molar-refractivity contribution >= 4 is 5.78 Å². The zero-order valence-corrected chi connectivity index (χ0v) is 8.78. The third kappa shape index (κ3) is 2.45. The van der Waals surface area contributed by atoms with Crippen LogP contribution in [0.25, 0.3) is 0 Å². The van der Waals surface area contributed by atoms with E-state index in [0.717, 1.165) is 24.8 Å². The lowest BCUT2D eigenvalue weighted by molar-refractivity contribution is -0.120. The van der Waals surface area contributed by atoms with Crippen LogP contribution in [-0.4, -0.2) is 10.9 Å². The van der Waals surface area contributed by atoms with Crippen LogP contribution in [0.3, 0.4) is 0 Å². The molecular weight excluding hydrogens is 188 g/mol. The van der Waals surface area contributed by atoms with E-state index in [1.807, 2.05) is 18.2 Å². The lowest BCUT2D eigenvalue weighted by atomic mass is 9.83. The minimum atomic E-state index is 0.0779. The molecule has 1 aliphatic rings. The van der Waals surface area contributed by atoms with Gasteiger partial charge < -0.3 is 5.11 Å². The Morgan fingerprint density at radius 2 is 2.27 bits per heavy atom. The van der Waals surface area contributed by atoms with E-state index in [0.29, 0.717) is 18.1 Å². The third-order valence-corrected chi connectivity index (χ3v) is 3.09. The average Bonchev–Trinajstić information content (AvgIpc) is 2.29. The maximum absolute atomic E-state index is 11.4. The second kappa shape index (κ2) is 4.58. The molecule has 0 saturated heterocycles. The minimum Gasteiger partial charge on any atom is -0.392 e. The highest BCUT2D eigenvalue weighted by Gasteiger charge is 2.20. The summed E-state index contributed by atoms with van der Waals surface area (Å²) in [7, 11) is 0. The van der Waals surface area contributed by atoms with Crippen molar-refractivity contribution in [2.24, 2.45) is 0 Å². The Morgan fingerprint density at radius 3 is 3.00 bits per heavy atom. The number of aliphatic hydroxyl groups is 1. The molecule has 1 unspecified atom stereocenters. The number of hydrogen-bond acceptors (Lipinski definition) is 2. The Morgan fingerprint density at radius 1 is 1.40 bits per heavy atom. The van der Waals surface area contributed by atoms with E-state index in [2.05, 4.69) is 6.07 Å². The van der Waals surface area contributed by atoms with Crippen LogP contribution in [0, 0.1) is 0 Å². The van der Waals surface area contributed by atoms with Gasteiger partial charge in [0.15, 0.2) is 0 Å².